The van der Waals surface area contributed by atoms with E-state index in [1.165, 1.54) is 16.9 Å². The molecule has 0 radical (unpaired) electrons. The minimum atomic E-state index is -0.727. The van der Waals surface area contributed by atoms with Crippen molar-refractivity contribution < 1.29 is 14.4 Å². The van der Waals surface area contributed by atoms with Crippen molar-refractivity contribution in [1.82, 2.24) is 5.32 Å². The molecule has 1 saturated heterocycles. The first-order chi connectivity index (χ1) is 15.3. The molecule has 3 aliphatic rings. The number of ketones is 1. The van der Waals surface area contributed by atoms with Crippen molar-refractivity contribution in [2.24, 2.45) is 11.1 Å². The second-order valence-corrected chi connectivity index (χ2v) is 11.0. The molecule has 2 aliphatic heterocycles. The number of amides is 1. The Morgan fingerprint density at radius 1 is 1.25 bits per heavy atom. The van der Waals surface area contributed by atoms with Gasteiger partial charge in [-0.1, -0.05) is 40.0 Å². The average molecular weight is 512 g/mol. The number of oxime groups is 1. The van der Waals surface area contributed by atoms with Gasteiger partial charge in [-0.2, -0.15) is 0 Å². The maximum absolute atomic E-state index is 13.1. The van der Waals surface area contributed by atoms with Crippen LogP contribution in [0.2, 0.25) is 15.1 Å². The predicted octanol–water partition coefficient (Wildman–Crippen LogP) is 5.95. The van der Waals surface area contributed by atoms with Crippen LogP contribution in [-0.4, -0.2) is 23.9 Å². The van der Waals surface area contributed by atoms with E-state index in [0.717, 1.165) is 52.3 Å². The Bertz CT molecular complexity index is 1150. The maximum Gasteiger partial charge on any atom is 0.223 e. The lowest BCUT2D eigenvalue weighted by Crippen LogP contribution is -2.22. The fraction of sp³-hybridized carbons (Fsp3) is 0.435. The van der Waals surface area contributed by atoms with E-state index >= 15 is 0 Å². The van der Waals surface area contributed by atoms with Gasteiger partial charge < -0.3 is 10.2 Å². The summed E-state index contributed by atoms with van der Waals surface area (Å²) in [5, 5.41) is 8.28. The van der Waals surface area contributed by atoms with Gasteiger partial charge >= 0.3 is 0 Å². The smallest absolute Gasteiger partial charge is 0.223 e. The monoisotopic (exact) mass is 510 g/mol. The lowest BCUT2D eigenvalue weighted by Gasteiger charge is -2.22. The number of halogens is 3. The molecule has 0 saturated carbocycles. The van der Waals surface area contributed by atoms with Gasteiger partial charge in [0.25, 0.3) is 0 Å². The van der Waals surface area contributed by atoms with Crippen LogP contribution in [0.25, 0.3) is 0 Å². The van der Waals surface area contributed by atoms with Crippen molar-refractivity contribution in [3.05, 3.63) is 53.6 Å². The molecule has 1 aromatic carbocycles. The van der Waals surface area contributed by atoms with E-state index in [1.54, 1.807) is 12.1 Å². The van der Waals surface area contributed by atoms with Crippen LogP contribution in [0.4, 0.5) is 0 Å². The van der Waals surface area contributed by atoms with Gasteiger partial charge in [0, 0.05) is 30.9 Å². The van der Waals surface area contributed by atoms with Crippen molar-refractivity contribution in [2.75, 3.05) is 6.54 Å². The summed E-state index contributed by atoms with van der Waals surface area (Å²) in [6, 6.07) is 3.52. The Balaban J connectivity index is 1.42. The van der Waals surface area contributed by atoms with Crippen LogP contribution >= 0.6 is 46.1 Å². The largest absolute Gasteiger partial charge is 0.384 e. The highest BCUT2D eigenvalue weighted by Gasteiger charge is 2.40. The number of rotatable bonds is 5. The van der Waals surface area contributed by atoms with Gasteiger partial charge in [-0.3, -0.25) is 9.59 Å². The SMILES string of the molecule is CC1(c2cc(Cl)c(Cl)c(Cl)c2)CC(c2sc(C(=O)C[C@@H]3CCNC3=O)c3c2CCC3)=NO1. The molecular formula is C23H21Cl3N2O3S. The molecule has 32 heavy (non-hydrogen) atoms. The first-order valence-electron chi connectivity index (χ1n) is 10.6. The number of nitrogens with zero attached hydrogens (tertiary/aromatic N) is 1. The minimum Gasteiger partial charge on any atom is -0.384 e. The zero-order valence-corrected chi connectivity index (χ0v) is 20.5. The third kappa shape index (κ3) is 3.75. The number of nitrogens with one attached hydrogen (secondary N) is 1. The van der Waals surface area contributed by atoms with E-state index < -0.39 is 5.60 Å². The van der Waals surface area contributed by atoms with Gasteiger partial charge in [0.15, 0.2) is 11.4 Å². The first-order valence-corrected chi connectivity index (χ1v) is 12.6. The molecular weight excluding hydrogens is 491 g/mol. The normalized spacial score (nSPS) is 24.3. The molecule has 0 spiro atoms. The number of fused-ring (bicyclic) bond motifs is 1. The summed E-state index contributed by atoms with van der Waals surface area (Å²) in [6.45, 7) is 2.59. The van der Waals surface area contributed by atoms with Crippen molar-refractivity contribution in [3.63, 3.8) is 0 Å². The molecule has 1 fully saturated rings. The zero-order valence-electron chi connectivity index (χ0n) is 17.4. The number of Topliss-reactive ketones (excluding diaryl/α,β-unsaturated/α-hetero) is 1. The Morgan fingerprint density at radius 3 is 2.66 bits per heavy atom. The second-order valence-electron chi connectivity index (χ2n) is 8.77. The van der Waals surface area contributed by atoms with Gasteiger partial charge in [-0.15, -0.1) is 11.3 Å². The molecule has 1 aliphatic carbocycles. The topological polar surface area (TPSA) is 67.8 Å². The number of hydrogen-bond donors (Lipinski definition) is 1. The predicted molar refractivity (Wildman–Crippen MR) is 127 cm³/mol. The molecule has 5 nitrogen and oxygen atoms in total. The van der Waals surface area contributed by atoms with E-state index in [2.05, 4.69) is 10.5 Å². The molecule has 2 aromatic rings. The zero-order chi connectivity index (χ0) is 22.6. The number of carbonyl (C=O) groups excluding carboxylic acids is 2. The molecule has 2 atom stereocenters. The Hall–Kier alpha value is -1.60. The van der Waals surface area contributed by atoms with Gasteiger partial charge in [-0.05, 0) is 55.9 Å². The number of carbonyl (C=O) groups is 2. The summed E-state index contributed by atoms with van der Waals surface area (Å²) in [7, 11) is 0. The van der Waals surface area contributed by atoms with Crippen LogP contribution < -0.4 is 5.32 Å². The van der Waals surface area contributed by atoms with E-state index in [9.17, 15) is 9.59 Å². The molecule has 1 amide bonds. The first kappa shape index (κ1) is 22.2. The second kappa shape index (κ2) is 8.32. The summed E-state index contributed by atoms with van der Waals surface area (Å²) in [5.41, 5.74) is 3.23. The highest BCUT2D eigenvalue weighted by Crippen LogP contribution is 2.44. The highest BCUT2D eigenvalue weighted by molar-refractivity contribution is 7.16. The van der Waals surface area contributed by atoms with E-state index in [-0.39, 0.29) is 24.0 Å². The van der Waals surface area contributed by atoms with Crippen molar-refractivity contribution >= 4 is 63.5 Å². The summed E-state index contributed by atoms with van der Waals surface area (Å²) in [5.74, 6) is -0.184. The fourth-order valence-corrected chi connectivity index (χ4v) is 6.68. The van der Waals surface area contributed by atoms with Gasteiger partial charge in [0.2, 0.25) is 5.91 Å². The number of thiophene rings is 1. The van der Waals surface area contributed by atoms with Gasteiger partial charge in [-0.25, -0.2) is 0 Å². The quantitative estimate of drug-likeness (QED) is 0.399. The van der Waals surface area contributed by atoms with Crippen LogP contribution in [0.1, 0.15) is 63.8 Å². The summed E-state index contributed by atoms with van der Waals surface area (Å²) >= 11 is 20.1. The lowest BCUT2D eigenvalue weighted by atomic mass is 9.90. The standard InChI is InChI=1S/C23H21Cl3N2O3S/c1-23(12-8-15(24)19(26)16(25)9-12)10-17(28-31-23)20-13-3-2-4-14(13)21(32-20)18(29)7-11-5-6-27-22(11)30/h8-9,11H,2-7,10H2,1H3,(H,27,30)/t11-,23?/m0/s1. The molecule has 3 heterocycles. The molecule has 1 N–H and O–H groups in total. The lowest BCUT2D eigenvalue weighted by molar-refractivity contribution is -0.122. The molecule has 9 heteroatoms. The highest BCUT2D eigenvalue weighted by atomic mass is 35.5. The van der Waals surface area contributed by atoms with Crippen molar-refractivity contribution in [3.8, 4) is 0 Å². The molecule has 0 bridgehead atoms. The van der Waals surface area contributed by atoms with E-state index in [4.69, 9.17) is 39.6 Å². The fourth-order valence-electron chi connectivity index (χ4n) is 4.76. The third-order valence-electron chi connectivity index (χ3n) is 6.54. The molecule has 1 unspecified atom stereocenters. The molecule has 5 rings (SSSR count). The summed E-state index contributed by atoms with van der Waals surface area (Å²) < 4.78 is 0. The Labute approximate surface area is 205 Å². The molecule has 168 valence electrons. The number of benzene rings is 1. The average Bonchev–Trinajstić information content (AvgIpc) is 3.51. The van der Waals surface area contributed by atoms with Crippen LogP contribution in [0.3, 0.4) is 0 Å². The van der Waals surface area contributed by atoms with Crippen LogP contribution in [-0.2, 0) is 28.1 Å². The Kier molecular flexibility index (Phi) is 5.77. The third-order valence-corrected chi connectivity index (χ3v) is 9.10. The van der Waals surface area contributed by atoms with Crippen molar-refractivity contribution in [2.45, 2.75) is 51.0 Å². The van der Waals surface area contributed by atoms with Gasteiger partial charge in [0.1, 0.15) is 5.71 Å². The van der Waals surface area contributed by atoms with Crippen LogP contribution in [0.15, 0.2) is 17.3 Å². The van der Waals surface area contributed by atoms with E-state index in [0.29, 0.717) is 28.0 Å². The van der Waals surface area contributed by atoms with Crippen molar-refractivity contribution in [1.29, 1.82) is 0 Å². The molecule has 1 aromatic heterocycles. The van der Waals surface area contributed by atoms with Gasteiger partial charge in [0.05, 0.1) is 24.8 Å². The van der Waals surface area contributed by atoms with E-state index in [1.807, 2.05) is 6.92 Å². The summed E-state index contributed by atoms with van der Waals surface area (Å²) in [4.78, 5) is 32.7. The summed E-state index contributed by atoms with van der Waals surface area (Å²) in [6.07, 6.45) is 4.34. The van der Waals surface area contributed by atoms with Crippen LogP contribution in [0.5, 0.6) is 0 Å². The number of hydrogen-bond acceptors (Lipinski definition) is 5. The Morgan fingerprint density at radius 2 is 1.97 bits per heavy atom. The maximum atomic E-state index is 13.1. The minimum absolute atomic E-state index is 0.0172. The van der Waals surface area contributed by atoms with Crippen LogP contribution in [0, 0.1) is 5.92 Å².